The monoisotopic (exact) mass is 129 g/mol. The maximum absolute atomic E-state index is 3.96. The summed E-state index contributed by atoms with van der Waals surface area (Å²) in [4.78, 5) is 0. The van der Waals surface area contributed by atoms with Crippen molar-refractivity contribution in [1.82, 2.24) is 0 Å². The highest BCUT2D eigenvalue weighted by atomic mass is 15.3. The first-order valence-electron chi connectivity index (χ1n) is 3.63. The minimum atomic E-state index is 0.569. The van der Waals surface area contributed by atoms with Crippen molar-refractivity contribution in [3.05, 3.63) is 6.92 Å². The third kappa shape index (κ3) is 4.46. The molecule has 0 rings (SSSR count). The van der Waals surface area contributed by atoms with Crippen LogP contribution in [-0.2, 0) is 0 Å². The zero-order valence-electron chi connectivity index (χ0n) is 7.15. The molecule has 0 amide bonds. The first-order valence-corrected chi connectivity index (χ1v) is 3.63. The molecule has 0 spiro atoms. The quantitative estimate of drug-likeness (QED) is 0.507. The van der Waals surface area contributed by atoms with Crippen LogP contribution in [0.25, 0.3) is 0 Å². The molecule has 0 fully saturated rings. The van der Waals surface area contributed by atoms with E-state index in [-0.39, 0.29) is 0 Å². The third-order valence-corrected chi connectivity index (χ3v) is 1.66. The van der Waals surface area contributed by atoms with Gasteiger partial charge < -0.3 is 4.48 Å². The van der Waals surface area contributed by atoms with Crippen LogP contribution in [0, 0.1) is 12.8 Å². The lowest BCUT2D eigenvalue weighted by molar-refractivity contribution is -0.890. The number of rotatable bonds is 3. The highest BCUT2D eigenvalue weighted by Gasteiger charge is 2.12. The van der Waals surface area contributed by atoms with Crippen molar-refractivity contribution >= 4 is 0 Å². The first kappa shape index (κ1) is 8.96. The predicted molar refractivity (Wildman–Crippen MR) is 42.0 cm³/mol. The molecule has 0 aliphatic rings. The van der Waals surface area contributed by atoms with E-state index in [0.29, 0.717) is 5.92 Å². The minimum Gasteiger partial charge on any atom is -0.328 e. The van der Waals surface area contributed by atoms with E-state index in [1.54, 1.807) is 0 Å². The first-order chi connectivity index (χ1) is 3.98. The van der Waals surface area contributed by atoms with Crippen LogP contribution in [0.2, 0.25) is 0 Å². The van der Waals surface area contributed by atoms with Crippen molar-refractivity contribution in [2.24, 2.45) is 5.92 Å². The van der Waals surface area contributed by atoms with E-state index >= 15 is 0 Å². The van der Waals surface area contributed by atoms with E-state index in [9.17, 15) is 0 Å². The molecule has 0 saturated heterocycles. The highest BCUT2D eigenvalue weighted by molar-refractivity contribution is 4.50. The van der Waals surface area contributed by atoms with Gasteiger partial charge in [0, 0.05) is 5.92 Å². The summed E-state index contributed by atoms with van der Waals surface area (Å²) in [5.41, 5.74) is 0. The average molecular weight is 129 g/mol. The van der Waals surface area contributed by atoms with Gasteiger partial charge in [0.05, 0.1) is 27.2 Å². The molecule has 0 bridgehead atoms. The normalized spacial score (nSPS) is 12.7. The zero-order chi connectivity index (χ0) is 7.49. The molecule has 0 aliphatic heterocycles. The fourth-order valence-electron chi connectivity index (χ4n) is 0.973. The van der Waals surface area contributed by atoms with Crippen LogP contribution in [0.4, 0.5) is 0 Å². The molecule has 0 aromatic rings. The molecule has 9 heavy (non-hydrogen) atoms. The van der Waals surface area contributed by atoms with Gasteiger partial charge in [-0.3, -0.25) is 0 Å². The Labute approximate surface area is 59.3 Å². The Bertz CT molecular complexity index is 74.6. The summed E-state index contributed by atoms with van der Waals surface area (Å²) in [6, 6.07) is 0. The maximum Gasteiger partial charge on any atom is 0.0808 e. The van der Waals surface area contributed by atoms with Gasteiger partial charge in [-0.15, -0.1) is 0 Å². The van der Waals surface area contributed by atoms with Gasteiger partial charge in [-0.2, -0.15) is 0 Å². The Kier molecular flexibility index (Phi) is 3.20. The summed E-state index contributed by atoms with van der Waals surface area (Å²) in [7, 11) is 4.48. The second kappa shape index (κ2) is 3.21. The molecule has 0 aromatic carbocycles. The van der Waals surface area contributed by atoms with Crippen molar-refractivity contribution in [3.63, 3.8) is 0 Å². The molecule has 0 aromatic heterocycles. The standard InChI is InChI=1S/C8H19N/c1-6-9(4,5)7-8(2)3/h8H,2,6-7H2,1,3-5H3/q+1. The molecule has 1 heteroatoms. The van der Waals surface area contributed by atoms with Crippen LogP contribution in [-0.4, -0.2) is 31.7 Å². The molecule has 0 heterocycles. The molecule has 1 unspecified atom stereocenters. The fraction of sp³-hybridized carbons (Fsp3) is 0.875. The van der Waals surface area contributed by atoms with Crippen LogP contribution in [0.3, 0.4) is 0 Å². The lowest BCUT2D eigenvalue weighted by Crippen LogP contribution is -2.42. The third-order valence-electron chi connectivity index (χ3n) is 1.66. The Morgan fingerprint density at radius 3 is 2.00 bits per heavy atom. The summed E-state index contributed by atoms with van der Waals surface area (Å²) in [5.74, 6) is 0.569. The van der Waals surface area contributed by atoms with E-state index in [2.05, 4.69) is 34.9 Å². The molecular formula is C8H19N+. The number of nitrogens with zero attached hydrogens (tertiary/aromatic N) is 1. The van der Waals surface area contributed by atoms with Crippen molar-refractivity contribution in [2.45, 2.75) is 13.8 Å². The SMILES string of the molecule is [CH2]C(C)C[N+](C)(C)CC. The summed E-state index contributed by atoms with van der Waals surface area (Å²) in [6.07, 6.45) is 0. The highest BCUT2D eigenvalue weighted by Crippen LogP contribution is 2.02. The van der Waals surface area contributed by atoms with Gasteiger partial charge in [0.1, 0.15) is 0 Å². The number of hydrogen-bond acceptors (Lipinski definition) is 0. The molecule has 0 N–H and O–H groups in total. The van der Waals surface area contributed by atoms with E-state index in [0.717, 1.165) is 4.48 Å². The van der Waals surface area contributed by atoms with Crippen molar-refractivity contribution < 1.29 is 4.48 Å². The predicted octanol–water partition coefficient (Wildman–Crippen LogP) is 1.55. The summed E-state index contributed by atoms with van der Waals surface area (Å²) < 4.78 is 1.09. The van der Waals surface area contributed by atoms with Crippen molar-refractivity contribution in [1.29, 1.82) is 0 Å². The minimum absolute atomic E-state index is 0.569. The number of quaternary nitrogens is 1. The molecule has 0 aliphatic carbocycles. The van der Waals surface area contributed by atoms with Crippen LogP contribution in [0.5, 0.6) is 0 Å². The Morgan fingerprint density at radius 1 is 1.44 bits per heavy atom. The van der Waals surface area contributed by atoms with Gasteiger partial charge in [-0.25, -0.2) is 0 Å². The average Bonchev–Trinajstić information content (AvgIpc) is 1.63. The molecule has 55 valence electrons. The van der Waals surface area contributed by atoms with Gasteiger partial charge in [0.2, 0.25) is 0 Å². The molecular weight excluding hydrogens is 110 g/mol. The lowest BCUT2D eigenvalue weighted by atomic mass is 10.2. The Hall–Kier alpha value is -0.0400. The van der Waals surface area contributed by atoms with E-state index in [1.807, 2.05) is 0 Å². The van der Waals surface area contributed by atoms with Crippen molar-refractivity contribution in [3.8, 4) is 0 Å². The molecule has 0 saturated carbocycles. The second-order valence-electron chi connectivity index (χ2n) is 3.54. The van der Waals surface area contributed by atoms with Crippen LogP contribution in [0.15, 0.2) is 0 Å². The lowest BCUT2D eigenvalue weighted by Gasteiger charge is -2.29. The summed E-state index contributed by atoms with van der Waals surface area (Å²) in [6.45, 7) is 10.7. The molecule has 1 nitrogen and oxygen atoms in total. The topological polar surface area (TPSA) is 0 Å². The van der Waals surface area contributed by atoms with Gasteiger partial charge in [-0.1, -0.05) is 6.92 Å². The second-order valence-corrected chi connectivity index (χ2v) is 3.54. The van der Waals surface area contributed by atoms with Crippen LogP contribution >= 0.6 is 0 Å². The fourth-order valence-corrected chi connectivity index (χ4v) is 0.973. The van der Waals surface area contributed by atoms with Gasteiger partial charge in [0.25, 0.3) is 0 Å². The zero-order valence-corrected chi connectivity index (χ0v) is 7.15. The van der Waals surface area contributed by atoms with Gasteiger partial charge in [-0.05, 0) is 13.8 Å². The summed E-state index contributed by atoms with van der Waals surface area (Å²) in [5, 5.41) is 0. The Balaban J connectivity index is 3.58. The van der Waals surface area contributed by atoms with E-state index < -0.39 is 0 Å². The molecule has 1 atom stereocenters. The maximum atomic E-state index is 3.96. The smallest absolute Gasteiger partial charge is 0.0808 e. The number of hydrogen-bond donors (Lipinski definition) is 0. The van der Waals surface area contributed by atoms with Crippen LogP contribution < -0.4 is 0 Å². The van der Waals surface area contributed by atoms with Gasteiger partial charge in [0.15, 0.2) is 0 Å². The van der Waals surface area contributed by atoms with E-state index in [4.69, 9.17) is 0 Å². The summed E-state index contributed by atoms with van der Waals surface area (Å²) >= 11 is 0. The largest absolute Gasteiger partial charge is 0.328 e. The van der Waals surface area contributed by atoms with Crippen LogP contribution in [0.1, 0.15) is 13.8 Å². The van der Waals surface area contributed by atoms with E-state index in [1.165, 1.54) is 13.1 Å². The van der Waals surface area contributed by atoms with Gasteiger partial charge >= 0.3 is 0 Å². The Morgan fingerprint density at radius 2 is 1.89 bits per heavy atom. The van der Waals surface area contributed by atoms with Crippen molar-refractivity contribution in [2.75, 3.05) is 27.2 Å². The molecule has 1 radical (unpaired) electrons.